The number of carbonyl (C=O) groups is 2. The number of hydrogen-bond donors (Lipinski definition) is 2. The summed E-state index contributed by atoms with van der Waals surface area (Å²) >= 11 is 0. The zero-order valence-corrected chi connectivity index (χ0v) is 7.05. The van der Waals surface area contributed by atoms with Crippen molar-refractivity contribution >= 4 is 11.9 Å². The maximum absolute atomic E-state index is 10.7. The second kappa shape index (κ2) is 5.19. The van der Waals surface area contributed by atoms with Crippen molar-refractivity contribution in [2.45, 2.75) is 13.8 Å². The minimum Gasteiger partial charge on any atom is -0.481 e. The Bertz CT molecular complexity index is 236. The van der Waals surface area contributed by atoms with Crippen LogP contribution in [0.4, 0.5) is 0 Å². The van der Waals surface area contributed by atoms with Crippen molar-refractivity contribution in [3.8, 4) is 11.8 Å². The molecule has 0 rings (SSSR count). The fourth-order valence-electron chi connectivity index (χ4n) is 0.491. The molecule has 0 bridgehead atoms. The van der Waals surface area contributed by atoms with Gasteiger partial charge in [0.05, 0.1) is 5.92 Å². The van der Waals surface area contributed by atoms with Crippen LogP contribution in [-0.4, -0.2) is 23.5 Å². The highest BCUT2D eigenvalue weighted by Gasteiger charge is 2.10. The smallest absolute Gasteiger partial charge is 0.308 e. The Balaban J connectivity index is 3.73. The van der Waals surface area contributed by atoms with Crippen molar-refractivity contribution in [3.05, 3.63) is 0 Å². The van der Waals surface area contributed by atoms with Gasteiger partial charge in [0.25, 0.3) is 5.91 Å². The monoisotopic (exact) mass is 169 g/mol. The van der Waals surface area contributed by atoms with Gasteiger partial charge in [-0.3, -0.25) is 9.59 Å². The van der Waals surface area contributed by atoms with E-state index in [9.17, 15) is 9.59 Å². The minimum absolute atomic E-state index is 0.114. The number of carboxylic acids is 1. The van der Waals surface area contributed by atoms with E-state index in [-0.39, 0.29) is 6.54 Å². The SMILES string of the molecule is CC#CC(=O)NCC(C)C(=O)O. The summed E-state index contributed by atoms with van der Waals surface area (Å²) in [6.07, 6.45) is 0. The lowest BCUT2D eigenvalue weighted by atomic mass is 10.2. The van der Waals surface area contributed by atoms with Crippen molar-refractivity contribution in [2.75, 3.05) is 6.54 Å². The van der Waals surface area contributed by atoms with Gasteiger partial charge in [-0.25, -0.2) is 0 Å². The fraction of sp³-hybridized carbons (Fsp3) is 0.500. The third kappa shape index (κ3) is 4.34. The van der Waals surface area contributed by atoms with Gasteiger partial charge >= 0.3 is 5.97 Å². The molecule has 12 heavy (non-hydrogen) atoms. The number of aliphatic carboxylic acids is 1. The van der Waals surface area contributed by atoms with Crippen LogP contribution in [0.15, 0.2) is 0 Å². The maximum atomic E-state index is 10.7. The Labute approximate surface area is 71.0 Å². The molecule has 0 radical (unpaired) electrons. The molecule has 0 aliphatic heterocycles. The van der Waals surface area contributed by atoms with E-state index in [1.54, 1.807) is 6.92 Å². The number of amides is 1. The molecular weight excluding hydrogens is 158 g/mol. The van der Waals surface area contributed by atoms with E-state index in [1.165, 1.54) is 6.92 Å². The van der Waals surface area contributed by atoms with Gasteiger partial charge in [-0.05, 0) is 12.8 Å². The van der Waals surface area contributed by atoms with Gasteiger partial charge in [-0.15, -0.1) is 0 Å². The molecule has 0 aromatic heterocycles. The normalized spacial score (nSPS) is 10.8. The van der Waals surface area contributed by atoms with E-state index < -0.39 is 17.8 Å². The zero-order valence-electron chi connectivity index (χ0n) is 7.05. The minimum atomic E-state index is -0.931. The number of rotatable bonds is 3. The van der Waals surface area contributed by atoms with Crippen LogP contribution in [0.2, 0.25) is 0 Å². The Morgan fingerprint density at radius 3 is 2.58 bits per heavy atom. The summed E-state index contributed by atoms with van der Waals surface area (Å²) in [6, 6.07) is 0. The molecule has 0 fully saturated rings. The average Bonchev–Trinajstić information content (AvgIpc) is 2.00. The van der Waals surface area contributed by atoms with Crippen molar-refractivity contribution < 1.29 is 14.7 Å². The largest absolute Gasteiger partial charge is 0.481 e. The first-order chi connectivity index (χ1) is 5.57. The van der Waals surface area contributed by atoms with Crippen LogP contribution in [-0.2, 0) is 9.59 Å². The van der Waals surface area contributed by atoms with Crippen LogP contribution in [0.3, 0.4) is 0 Å². The summed E-state index contributed by atoms with van der Waals surface area (Å²) in [5, 5.41) is 10.8. The molecule has 1 atom stereocenters. The van der Waals surface area contributed by atoms with E-state index in [4.69, 9.17) is 5.11 Å². The molecule has 66 valence electrons. The summed E-state index contributed by atoms with van der Waals surface area (Å²) in [7, 11) is 0. The standard InChI is InChI=1S/C8H11NO3/c1-3-4-7(10)9-5-6(2)8(11)12/h6H,5H2,1-2H3,(H,9,10)(H,11,12). The molecule has 0 aliphatic carbocycles. The van der Waals surface area contributed by atoms with Crippen LogP contribution in [0.5, 0.6) is 0 Å². The molecular formula is C8H11NO3. The van der Waals surface area contributed by atoms with Gasteiger partial charge < -0.3 is 10.4 Å². The van der Waals surface area contributed by atoms with E-state index in [0.717, 1.165) is 0 Å². The molecule has 2 N–H and O–H groups in total. The van der Waals surface area contributed by atoms with E-state index in [0.29, 0.717) is 0 Å². The molecule has 0 aromatic carbocycles. The van der Waals surface area contributed by atoms with E-state index in [2.05, 4.69) is 17.2 Å². The molecule has 0 saturated carbocycles. The van der Waals surface area contributed by atoms with Crippen LogP contribution >= 0.6 is 0 Å². The lowest BCUT2D eigenvalue weighted by Gasteiger charge is -2.04. The Hall–Kier alpha value is -1.50. The van der Waals surface area contributed by atoms with Crippen LogP contribution in [0.1, 0.15) is 13.8 Å². The first kappa shape index (κ1) is 10.5. The molecule has 0 saturated heterocycles. The summed E-state index contributed by atoms with van der Waals surface area (Å²) in [5.74, 6) is 2.71. The number of carbonyl (C=O) groups excluding carboxylic acids is 1. The Morgan fingerprint density at radius 1 is 1.58 bits per heavy atom. The lowest BCUT2D eigenvalue weighted by Crippen LogP contribution is -2.30. The van der Waals surface area contributed by atoms with Crippen molar-refractivity contribution in [1.29, 1.82) is 0 Å². The summed E-state index contributed by atoms with van der Waals surface area (Å²) in [4.78, 5) is 21.0. The second-order valence-corrected chi connectivity index (χ2v) is 2.32. The quantitative estimate of drug-likeness (QED) is 0.577. The van der Waals surface area contributed by atoms with Crippen molar-refractivity contribution in [3.63, 3.8) is 0 Å². The molecule has 0 aromatic rings. The molecule has 4 heteroatoms. The highest BCUT2D eigenvalue weighted by Crippen LogP contribution is 1.90. The summed E-state index contributed by atoms with van der Waals surface area (Å²) < 4.78 is 0. The highest BCUT2D eigenvalue weighted by atomic mass is 16.4. The average molecular weight is 169 g/mol. The molecule has 0 spiro atoms. The molecule has 1 unspecified atom stereocenters. The van der Waals surface area contributed by atoms with Gasteiger partial charge in [0.1, 0.15) is 0 Å². The van der Waals surface area contributed by atoms with Gasteiger partial charge in [0.2, 0.25) is 0 Å². The molecule has 4 nitrogen and oxygen atoms in total. The Morgan fingerprint density at radius 2 is 2.17 bits per heavy atom. The molecule has 0 aliphatic rings. The maximum Gasteiger partial charge on any atom is 0.308 e. The first-order valence-corrected chi connectivity index (χ1v) is 3.51. The van der Waals surface area contributed by atoms with Crippen LogP contribution in [0.25, 0.3) is 0 Å². The van der Waals surface area contributed by atoms with Crippen LogP contribution in [0, 0.1) is 17.8 Å². The predicted molar refractivity (Wildman–Crippen MR) is 43.3 cm³/mol. The van der Waals surface area contributed by atoms with Crippen molar-refractivity contribution in [1.82, 2.24) is 5.32 Å². The van der Waals surface area contributed by atoms with E-state index >= 15 is 0 Å². The number of nitrogens with one attached hydrogen (secondary N) is 1. The van der Waals surface area contributed by atoms with Gasteiger partial charge in [-0.2, -0.15) is 0 Å². The summed E-state index contributed by atoms with van der Waals surface area (Å²) in [5.41, 5.74) is 0. The second-order valence-electron chi connectivity index (χ2n) is 2.32. The fourth-order valence-corrected chi connectivity index (χ4v) is 0.491. The van der Waals surface area contributed by atoms with Crippen LogP contribution < -0.4 is 5.32 Å². The predicted octanol–water partition coefficient (Wildman–Crippen LogP) is -0.153. The molecule has 0 heterocycles. The van der Waals surface area contributed by atoms with Crippen molar-refractivity contribution in [2.24, 2.45) is 5.92 Å². The Kier molecular flexibility index (Phi) is 4.54. The third-order valence-corrected chi connectivity index (χ3v) is 1.23. The van der Waals surface area contributed by atoms with Gasteiger partial charge in [0.15, 0.2) is 0 Å². The zero-order chi connectivity index (χ0) is 9.56. The topological polar surface area (TPSA) is 66.4 Å². The summed E-state index contributed by atoms with van der Waals surface area (Å²) in [6.45, 7) is 3.17. The number of carboxylic acid groups (broad SMARTS) is 1. The van der Waals surface area contributed by atoms with Gasteiger partial charge in [0, 0.05) is 6.54 Å². The third-order valence-electron chi connectivity index (χ3n) is 1.23. The lowest BCUT2D eigenvalue weighted by molar-refractivity contribution is -0.141. The molecule has 1 amide bonds. The first-order valence-electron chi connectivity index (χ1n) is 3.51. The van der Waals surface area contributed by atoms with E-state index in [1.807, 2.05) is 0 Å². The van der Waals surface area contributed by atoms with Gasteiger partial charge in [-0.1, -0.05) is 12.8 Å². The number of hydrogen-bond acceptors (Lipinski definition) is 2. The highest BCUT2D eigenvalue weighted by molar-refractivity contribution is 5.93.